The lowest BCUT2D eigenvalue weighted by molar-refractivity contribution is -0.136. The van der Waals surface area contributed by atoms with Crippen molar-refractivity contribution >= 4 is 5.97 Å². The zero-order valence-corrected chi connectivity index (χ0v) is 10.2. The second kappa shape index (κ2) is 5.43. The monoisotopic (exact) mass is 262 g/mol. The number of nitrogens with one attached hydrogen (secondary N) is 1. The molecule has 0 aliphatic carbocycles. The largest absolute Gasteiger partial charge is 0.508 e. The smallest absolute Gasteiger partial charge is 0.303 e. The number of H-pyrrole nitrogens is 1. The fraction of sp³-hybridized carbons (Fsp3) is 0.231. The number of phenolic OH excluding ortho intramolecular Hbond substituents is 1. The molecule has 0 radical (unpaired) electrons. The van der Waals surface area contributed by atoms with Crippen LogP contribution in [-0.4, -0.2) is 26.0 Å². The van der Waals surface area contributed by atoms with Gasteiger partial charge in [0, 0.05) is 18.2 Å². The van der Waals surface area contributed by atoms with E-state index < -0.39 is 5.97 Å². The molecule has 3 N–H and O–H groups in total. The Morgan fingerprint density at radius 2 is 2.16 bits per heavy atom. The van der Waals surface area contributed by atoms with Crippen molar-refractivity contribution in [3.63, 3.8) is 0 Å². The molecule has 0 unspecified atom stereocenters. The third-order valence-corrected chi connectivity index (χ3v) is 2.77. The summed E-state index contributed by atoms with van der Waals surface area (Å²) in [5, 5.41) is 20.7. The average molecular weight is 262 g/mol. The molecule has 0 aliphatic heterocycles. The van der Waals surface area contributed by atoms with E-state index in [1.54, 1.807) is 24.3 Å². The Morgan fingerprint density at radius 3 is 2.84 bits per heavy atom. The van der Waals surface area contributed by atoms with Gasteiger partial charge in [-0.1, -0.05) is 12.1 Å². The van der Waals surface area contributed by atoms with Crippen LogP contribution in [0.5, 0.6) is 5.75 Å². The van der Waals surface area contributed by atoms with Crippen molar-refractivity contribution in [2.24, 2.45) is 0 Å². The van der Waals surface area contributed by atoms with E-state index in [-0.39, 0.29) is 24.2 Å². The zero-order valence-electron chi connectivity index (χ0n) is 10.2. The molecule has 6 nitrogen and oxygen atoms in total. The first-order valence-electron chi connectivity index (χ1n) is 5.83. The highest BCUT2D eigenvalue weighted by Gasteiger charge is 2.08. The van der Waals surface area contributed by atoms with Gasteiger partial charge in [0.05, 0.1) is 6.54 Å². The third-order valence-electron chi connectivity index (χ3n) is 2.77. The molecule has 0 spiro atoms. The zero-order chi connectivity index (χ0) is 13.8. The van der Waals surface area contributed by atoms with E-state index in [1.807, 2.05) is 0 Å². The quantitative estimate of drug-likeness (QED) is 0.747. The van der Waals surface area contributed by atoms with E-state index in [4.69, 9.17) is 5.11 Å². The predicted molar refractivity (Wildman–Crippen MR) is 68.2 cm³/mol. The van der Waals surface area contributed by atoms with Gasteiger partial charge in [-0.3, -0.25) is 9.59 Å². The number of phenols is 1. The van der Waals surface area contributed by atoms with Crippen molar-refractivity contribution in [1.82, 2.24) is 9.78 Å². The standard InChI is InChI=1S/C13H14N2O4/c16-11-3-1-2-9(6-11)8-15-13(19)10(7-14-15)4-5-12(17)18/h1-3,6-7,14,16H,4-5,8H2,(H,17,18). The number of aromatic hydroxyl groups is 1. The van der Waals surface area contributed by atoms with Crippen LogP contribution in [0.25, 0.3) is 0 Å². The number of nitrogens with zero attached hydrogens (tertiary/aromatic N) is 1. The number of aromatic amines is 1. The highest BCUT2D eigenvalue weighted by molar-refractivity contribution is 5.67. The van der Waals surface area contributed by atoms with Crippen LogP contribution >= 0.6 is 0 Å². The fourth-order valence-corrected chi connectivity index (χ4v) is 1.83. The van der Waals surface area contributed by atoms with Crippen molar-refractivity contribution in [2.75, 3.05) is 0 Å². The molecule has 0 saturated heterocycles. The van der Waals surface area contributed by atoms with Crippen LogP contribution in [0, 0.1) is 0 Å². The average Bonchev–Trinajstić information content (AvgIpc) is 2.68. The van der Waals surface area contributed by atoms with Crippen molar-refractivity contribution in [3.05, 3.63) is 51.9 Å². The Balaban J connectivity index is 2.14. The molecule has 1 aromatic carbocycles. The summed E-state index contributed by atoms with van der Waals surface area (Å²) in [4.78, 5) is 22.4. The van der Waals surface area contributed by atoms with Gasteiger partial charge in [0.25, 0.3) is 5.56 Å². The minimum atomic E-state index is -0.930. The Kier molecular flexibility index (Phi) is 3.70. The van der Waals surface area contributed by atoms with Crippen molar-refractivity contribution in [3.8, 4) is 5.75 Å². The first kappa shape index (κ1) is 12.9. The van der Waals surface area contributed by atoms with Gasteiger partial charge < -0.3 is 15.3 Å². The van der Waals surface area contributed by atoms with Gasteiger partial charge in [0.2, 0.25) is 0 Å². The molecule has 2 rings (SSSR count). The molecule has 0 atom stereocenters. The van der Waals surface area contributed by atoms with E-state index >= 15 is 0 Å². The van der Waals surface area contributed by atoms with Gasteiger partial charge in [-0.25, -0.2) is 4.68 Å². The first-order valence-corrected chi connectivity index (χ1v) is 5.83. The van der Waals surface area contributed by atoms with E-state index in [0.717, 1.165) is 5.56 Å². The Bertz CT molecular complexity index is 642. The van der Waals surface area contributed by atoms with Gasteiger partial charge in [0.1, 0.15) is 5.75 Å². The fourth-order valence-electron chi connectivity index (χ4n) is 1.83. The highest BCUT2D eigenvalue weighted by Crippen LogP contribution is 2.11. The van der Waals surface area contributed by atoms with Crippen LogP contribution in [0.4, 0.5) is 0 Å². The molecular formula is C13H14N2O4. The topological polar surface area (TPSA) is 95.3 Å². The molecule has 0 amide bonds. The number of rotatable bonds is 5. The van der Waals surface area contributed by atoms with Crippen LogP contribution in [0.1, 0.15) is 17.5 Å². The molecular weight excluding hydrogens is 248 g/mol. The summed E-state index contributed by atoms with van der Waals surface area (Å²) in [6, 6.07) is 6.62. The Morgan fingerprint density at radius 1 is 1.37 bits per heavy atom. The lowest BCUT2D eigenvalue weighted by Crippen LogP contribution is -2.20. The minimum Gasteiger partial charge on any atom is -0.508 e. The summed E-state index contributed by atoms with van der Waals surface area (Å²) in [6.45, 7) is 0.306. The molecule has 0 bridgehead atoms. The third kappa shape index (κ3) is 3.25. The summed E-state index contributed by atoms with van der Waals surface area (Å²) in [6.07, 6.45) is 1.66. The molecule has 0 aliphatic rings. The van der Waals surface area contributed by atoms with Crippen molar-refractivity contribution in [2.45, 2.75) is 19.4 Å². The second-order valence-corrected chi connectivity index (χ2v) is 4.25. The minimum absolute atomic E-state index is 0.0702. The van der Waals surface area contributed by atoms with Gasteiger partial charge in [-0.05, 0) is 24.1 Å². The van der Waals surface area contributed by atoms with E-state index in [0.29, 0.717) is 12.1 Å². The summed E-state index contributed by atoms with van der Waals surface area (Å²) < 4.78 is 1.38. The number of carboxylic acid groups (broad SMARTS) is 1. The van der Waals surface area contributed by atoms with Crippen LogP contribution in [0.2, 0.25) is 0 Å². The maximum absolute atomic E-state index is 11.9. The maximum Gasteiger partial charge on any atom is 0.303 e. The molecule has 19 heavy (non-hydrogen) atoms. The number of aromatic nitrogens is 2. The molecule has 0 fully saturated rings. The van der Waals surface area contributed by atoms with Crippen molar-refractivity contribution in [1.29, 1.82) is 0 Å². The number of carbonyl (C=O) groups is 1. The number of hydrogen-bond acceptors (Lipinski definition) is 3. The lowest BCUT2D eigenvalue weighted by atomic mass is 10.2. The number of carboxylic acids is 1. The van der Waals surface area contributed by atoms with Crippen LogP contribution in [-0.2, 0) is 17.8 Å². The van der Waals surface area contributed by atoms with Crippen LogP contribution in [0.15, 0.2) is 35.3 Å². The normalized spacial score (nSPS) is 10.5. The molecule has 100 valence electrons. The molecule has 6 heteroatoms. The maximum atomic E-state index is 11.9. The molecule has 1 aromatic heterocycles. The summed E-state index contributed by atoms with van der Waals surface area (Å²) in [5.74, 6) is -0.789. The predicted octanol–water partition coefficient (Wildman–Crippen LogP) is 0.947. The Labute approximate surface area is 108 Å². The summed E-state index contributed by atoms with van der Waals surface area (Å²) in [5.41, 5.74) is 1.00. The van der Waals surface area contributed by atoms with Gasteiger partial charge in [0.15, 0.2) is 0 Å². The second-order valence-electron chi connectivity index (χ2n) is 4.25. The van der Waals surface area contributed by atoms with Crippen LogP contribution in [0.3, 0.4) is 0 Å². The van der Waals surface area contributed by atoms with Crippen LogP contribution < -0.4 is 5.56 Å². The lowest BCUT2D eigenvalue weighted by Gasteiger charge is -2.02. The molecule has 2 aromatic rings. The SMILES string of the molecule is O=C(O)CCc1c[nH]n(Cc2cccc(O)c2)c1=O. The molecule has 1 heterocycles. The summed E-state index contributed by atoms with van der Waals surface area (Å²) >= 11 is 0. The highest BCUT2D eigenvalue weighted by atomic mass is 16.4. The number of hydrogen-bond donors (Lipinski definition) is 3. The van der Waals surface area contributed by atoms with E-state index in [2.05, 4.69) is 5.10 Å². The van der Waals surface area contributed by atoms with Gasteiger partial charge in [-0.2, -0.15) is 0 Å². The molecule has 0 saturated carbocycles. The van der Waals surface area contributed by atoms with E-state index in [9.17, 15) is 14.7 Å². The Hall–Kier alpha value is -2.50. The van der Waals surface area contributed by atoms with Crippen molar-refractivity contribution < 1.29 is 15.0 Å². The summed E-state index contributed by atoms with van der Waals surface area (Å²) in [7, 11) is 0. The van der Waals surface area contributed by atoms with Gasteiger partial charge >= 0.3 is 5.97 Å². The number of benzene rings is 1. The number of aryl methyl sites for hydroxylation is 1. The van der Waals surface area contributed by atoms with E-state index in [1.165, 1.54) is 10.9 Å². The van der Waals surface area contributed by atoms with Gasteiger partial charge in [-0.15, -0.1) is 0 Å². The number of aliphatic carboxylic acids is 1. The first-order chi connectivity index (χ1) is 9.06.